The third kappa shape index (κ3) is 4.25. The van der Waals surface area contributed by atoms with Gasteiger partial charge in [-0.05, 0) is 42.5 Å². The SMILES string of the molecule is COc1ccc(-c2cnc(-c3ccccc3C(=O)Nc3cccc(F)c3)o2)c(OC)c1. The van der Waals surface area contributed by atoms with Crippen molar-refractivity contribution in [2.45, 2.75) is 0 Å². The highest BCUT2D eigenvalue weighted by molar-refractivity contribution is 6.08. The summed E-state index contributed by atoms with van der Waals surface area (Å²) in [4.78, 5) is 17.2. The summed E-state index contributed by atoms with van der Waals surface area (Å²) in [6, 6.07) is 18.0. The number of anilines is 1. The Bertz CT molecular complexity index is 1240. The number of carbonyl (C=O) groups is 1. The predicted octanol–water partition coefficient (Wildman–Crippen LogP) is 5.42. The van der Waals surface area contributed by atoms with Crippen molar-refractivity contribution in [2.75, 3.05) is 19.5 Å². The van der Waals surface area contributed by atoms with E-state index in [0.717, 1.165) is 0 Å². The lowest BCUT2D eigenvalue weighted by atomic mass is 10.1. The maximum absolute atomic E-state index is 13.4. The van der Waals surface area contributed by atoms with E-state index in [-0.39, 0.29) is 5.89 Å². The van der Waals surface area contributed by atoms with Crippen LogP contribution in [0.2, 0.25) is 0 Å². The van der Waals surface area contributed by atoms with E-state index in [1.807, 2.05) is 6.07 Å². The zero-order chi connectivity index (χ0) is 21.8. The molecule has 0 aliphatic rings. The Kier molecular flexibility index (Phi) is 5.66. The van der Waals surface area contributed by atoms with Crippen LogP contribution in [-0.4, -0.2) is 25.1 Å². The van der Waals surface area contributed by atoms with Gasteiger partial charge in [0, 0.05) is 17.3 Å². The minimum Gasteiger partial charge on any atom is -0.497 e. The van der Waals surface area contributed by atoms with Crippen LogP contribution in [0.4, 0.5) is 10.1 Å². The van der Waals surface area contributed by atoms with E-state index in [1.165, 1.54) is 18.2 Å². The summed E-state index contributed by atoms with van der Waals surface area (Å²) >= 11 is 0. The van der Waals surface area contributed by atoms with Crippen molar-refractivity contribution in [1.82, 2.24) is 4.98 Å². The van der Waals surface area contributed by atoms with Gasteiger partial charge in [-0.25, -0.2) is 9.37 Å². The Morgan fingerprint density at radius 2 is 1.81 bits per heavy atom. The van der Waals surface area contributed by atoms with E-state index in [4.69, 9.17) is 13.9 Å². The summed E-state index contributed by atoms with van der Waals surface area (Å²) in [6.07, 6.45) is 1.57. The standard InChI is InChI=1S/C24H19FN2O4/c1-29-17-10-11-20(21(13-17)30-2)22-14-26-24(31-22)19-9-4-3-8-18(19)23(28)27-16-7-5-6-15(25)12-16/h3-14H,1-2H3,(H,27,28). The Morgan fingerprint density at radius 1 is 0.968 bits per heavy atom. The van der Waals surface area contributed by atoms with Gasteiger partial charge in [0.05, 0.1) is 31.5 Å². The highest BCUT2D eigenvalue weighted by Gasteiger charge is 2.19. The number of ether oxygens (including phenoxy) is 2. The van der Waals surface area contributed by atoms with Crippen LogP contribution in [-0.2, 0) is 0 Å². The molecule has 1 heterocycles. The topological polar surface area (TPSA) is 73.6 Å². The number of aromatic nitrogens is 1. The van der Waals surface area contributed by atoms with Crippen molar-refractivity contribution in [1.29, 1.82) is 0 Å². The molecule has 1 N–H and O–H groups in total. The fourth-order valence-corrected chi connectivity index (χ4v) is 3.16. The maximum atomic E-state index is 13.4. The van der Waals surface area contributed by atoms with Crippen molar-refractivity contribution in [3.63, 3.8) is 0 Å². The van der Waals surface area contributed by atoms with Crippen LogP contribution in [0.25, 0.3) is 22.8 Å². The van der Waals surface area contributed by atoms with E-state index >= 15 is 0 Å². The molecule has 4 rings (SSSR count). The first kappa shape index (κ1) is 20.2. The van der Waals surface area contributed by atoms with E-state index in [2.05, 4.69) is 10.3 Å². The second-order valence-corrected chi connectivity index (χ2v) is 6.61. The first-order chi connectivity index (χ1) is 15.1. The second kappa shape index (κ2) is 8.71. The molecule has 0 bridgehead atoms. The first-order valence-corrected chi connectivity index (χ1v) is 9.43. The molecule has 31 heavy (non-hydrogen) atoms. The minimum absolute atomic E-state index is 0.276. The van der Waals surface area contributed by atoms with Crippen LogP contribution in [0, 0.1) is 5.82 Å². The zero-order valence-corrected chi connectivity index (χ0v) is 16.9. The number of methoxy groups -OCH3 is 2. The molecule has 0 radical (unpaired) electrons. The predicted molar refractivity (Wildman–Crippen MR) is 115 cm³/mol. The average molecular weight is 418 g/mol. The lowest BCUT2D eigenvalue weighted by Crippen LogP contribution is -2.13. The summed E-state index contributed by atoms with van der Waals surface area (Å²) in [5.41, 5.74) is 1.91. The van der Waals surface area contributed by atoms with Gasteiger partial charge in [0.25, 0.3) is 5.91 Å². The molecule has 0 aliphatic heterocycles. The smallest absolute Gasteiger partial charge is 0.256 e. The molecular weight excluding hydrogens is 399 g/mol. The van der Waals surface area contributed by atoms with Gasteiger partial charge in [0.1, 0.15) is 17.3 Å². The Morgan fingerprint density at radius 3 is 2.58 bits per heavy atom. The Hall–Kier alpha value is -4.13. The van der Waals surface area contributed by atoms with Crippen LogP contribution < -0.4 is 14.8 Å². The molecule has 7 heteroatoms. The molecule has 156 valence electrons. The normalized spacial score (nSPS) is 10.5. The maximum Gasteiger partial charge on any atom is 0.256 e. The van der Waals surface area contributed by atoms with Crippen molar-refractivity contribution in [3.8, 4) is 34.3 Å². The number of hydrogen-bond acceptors (Lipinski definition) is 5. The number of oxazole rings is 1. The summed E-state index contributed by atoms with van der Waals surface area (Å²) in [5.74, 6) is 1.14. The largest absolute Gasteiger partial charge is 0.497 e. The van der Waals surface area contributed by atoms with Crippen LogP contribution in [0.1, 0.15) is 10.4 Å². The molecule has 0 saturated carbocycles. The molecule has 0 aliphatic carbocycles. The summed E-state index contributed by atoms with van der Waals surface area (Å²) in [7, 11) is 3.13. The van der Waals surface area contributed by atoms with Gasteiger partial charge in [-0.15, -0.1) is 0 Å². The van der Waals surface area contributed by atoms with Gasteiger partial charge >= 0.3 is 0 Å². The number of amides is 1. The van der Waals surface area contributed by atoms with Gasteiger partial charge in [0.2, 0.25) is 5.89 Å². The van der Waals surface area contributed by atoms with Crippen molar-refractivity contribution < 1.29 is 23.1 Å². The lowest BCUT2D eigenvalue weighted by Gasteiger charge is -2.09. The molecule has 3 aromatic carbocycles. The quantitative estimate of drug-likeness (QED) is 0.453. The van der Waals surface area contributed by atoms with Crippen molar-refractivity contribution in [3.05, 3.63) is 84.3 Å². The van der Waals surface area contributed by atoms with Gasteiger partial charge in [-0.2, -0.15) is 0 Å². The third-order valence-corrected chi connectivity index (χ3v) is 4.66. The molecule has 1 amide bonds. The number of nitrogens with one attached hydrogen (secondary N) is 1. The van der Waals surface area contributed by atoms with Crippen molar-refractivity contribution in [2.24, 2.45) is 0 Å². The third-order valence-electron chi connectivity index (χ3n) is 4.66. The van der Waals surface area contributed by atoms with E-state index in [1.54, 1.807) is 62.9 Å². The Balaban J connectivity index is 1.67. The van der Waals surface area contributed by atoms with Crippen LogP contribution in [0.3, 0.4) is 0 Å². The van der Waals surface area contributed by atoms with Gasteiger partial charge in [-0.3, -0.25) is 4.79 Å². The summed E-state index contributed by atoms with van der Waals surface area (Å²) < 4.78 is 30.1. The molecule has 0 atom stereocenters. The lowest BCUT2D eigenvalue weighted by molar-refractivity contribution is 0.102. The molecule has 0 saturated heterocycles. The molecule has 0 fully saturated rings. The number of nitrogens with zero attached hydrogens (tertiary/aromatic N) is 1. The fraction of sp³-hybridized carbons (Fsp3) is 0.0833. The average Bonchev–Trinajstić information content (AvgIpc) is 3.28. The number of hydrogen-bond donors (Lipinski definition) is 1. The second-order valence-electron chi connectivity index (χ2n) is 6.61. The van der Waals surface area contributed by atoms with Gasteiger partial charge < -0.3 is 19.2 Å². The molecule has 6 nitrogen and oxygen atoms in total. The van der Waals surface area contributed by atoms with Crippen LogP contribution in [0.15, 0.2) is 77.3 Å². The molecule has 4 aromatic rings. The van der Waals surface area contributed by atoms with E-state index in [9.17, 15) is 9.18 Å². The number of halogens is 1. The van der Waals surface area contributed by atoms with Crippen LogP contribution in [0.5, 0.6) is 11.5 Å². The van der Waals surface area contributed by atoms with E-state index < -0.39 is 11.7 Å². The summed E-state index contributed by atoms with van der Waals surface area (Å²) in [6.45, 7) is 0. The monoisotopic (exact) mass is 418 g/mol. The molecule has 0 spiro atoms. The van der Waals surface area contributed by atoms with Gasteiger partial charge in [0.15, 0.2) is 5.76 Å². The molecular formula is C24H19FN2O4. The van der Waals surface area contributed by atoms with Crippen LogP contribution >= 0.6 is 0 Å². The number of carbonyl (C=O) groups excluding carboxylic acids is 1. The fourth-order valence-electron chi connectivity index (χ4n) is 3.16. The zero-order valence-electron chi connectivity index (χ0n) is 16.9. The highest BCUT2D eigenvalue weighted by Crippen LogP contribution is 2.35. The first-order valence-electron chi connectivity index (χ1n) is 9.43. The van der Waals surface area contributed by atoms with Crippen molar-refractivity contribution >= 4 is 11.6 Å². The van der Waals surface area contributed by atoms with Gasteiger partial charge in [-0.1, -0.05) is 18.2 Å². The Labute approximate surface area is 178 Å². The highest BCUT2D eigenvalue weighted by atomic mass is 19.1. The number of benzene rings is 3. The molecule has 0 unspecified atom stereocenters. The molecule has 1 aromatic heterocycles. The minimum atomic E-state index is -0.433. The van der Waals surface area contributed by atoms with E-state index in [0.29, 0.717) is 39.6 Å². The summed E-state index contributed by atoms with van der Waals surface area (Å²) in [5, 5.41) is 2.70. The number of rotatable bonds is 6.